The predicted octanol–water partition coefficient (Wildman–Crippen LogP) is 8.47. The smallest absolute Gasteiger partial charge is 0.493 e. The van der Waals surface area contributed by atoms with E-state index in [9.17, 15) is 14.0 Å². The standard InChI is InChI=1S/C38H50FN2O7/c1-7-38(5,23-26(3)31-12-9-25(31)2)47-37(43)46-24-41(17-8-20-45-33-14-10-29(27(4)42)21-35(33)44-6)18-15-28(16-19-41)36-32-13-11-30(39)22-34(32)48-40-36/h7,10-11,13-14,21-22,25-26,28,31H,1,8-9,12,15-20,23-24H2,2-6H3/q+1. The van der Waals surface area contributed by atoms with Crippen LogP contribution in [0.25, 0.3) is 11.0 Å². The van der Waals surface area contributed by atoms with Crippen LogP contribution in [-0.2, 0) is 9.47 Å². The molecule has 2 aliphatic rings. The summed E-state index contributed by atoms with van der Waals surface area (Å²) in [6, 6.07) is 9.68. The maximum Gasteiger partial charge on any atom is 0.513 e. The molecule has 2 fully saturated rings. The molecule has 1 saturated carbocycles. The minimum Gasteiger partial charge on any atom is -0.493 e. The average Bonchev–Trinajstić information content (AvgIpc) is 3.48. The van der Waals surface area contributed by atoms with E-state index in [0.29, 0.717) is 70.9 Å². The van der Waals surface area contributed by atoms with Gasteiger partial charge in [0.2, 0.25) is 6.73 Å². The summed E-state index contributed by atoms with van der Waals surface area (Å²) in [6.07, 6.45) is 6.46. The second-order valence-corrected chi connectivity index (χ2v) is 14.2. The minimum atomic E-state index is -0.818. The number of halogens is 1. The molecular weight excluding hydrogens is 615 g/mol. The van der Waals surface area contributed by atoms with Crippen LogP contribution in [0.5, 0.6) is 11.5 Å². The summed E-state index contributed by atoms with van der Waals surface area (Å²) in [6.45, 7) is 14.6. The van der Waals surface area contributed by atoms with Crippen LogP contribution in [0.15, 0.2) is 53.6 Å². The van der Waals surface area contributed by atoms with Gasteiger partial charge in [-0.2, -0.15) is 0 Å². The van der Waals surface area contributed by atoms with E-state index in [1.807, 2.05) is 6.92 Å². The number of ether oxygens (including phenoxy) is 4. The molecule has 0 bridgehead atoms. The predicted molar refractivity (Wildman–Crippen MR) is 181 cm³/mol. The number of benzene rings is 2. The van der Waals surface area contributed by atoms with Crippen molar-refractivity contribution in [3.8, 4) is 11.5 Å². The molecule has 4 unspecified atom stereocenters. The summed E-state index contributed by atoms with van der Waals surface area (Å²) >= 11 is 0. The summed E-state index contributed by atoms with van der Waals surface area (Å²) in [5, 5.41) is 5.14. The molecule has 1 aliphatic carbocycles. The Balaban J connectivity index is 1.23. The number of carbonyl (C=O) groups is 2. The number of nitrogens with zero attached hydrogens (tertiary/aromatic N) is 2. The van der Waals surface area contributed by atoms with Gasteiger partial charge in [0.15, 0.2) is 22.9 Å². The molecular formula is C38H50FN2O7+. The van der Waals surface area contributed by atoms with Crippen molar-refractivity contribution < 1.29 is 41.9 Å². The molecule has 0 spiro atoms. The number of piperidine rings is 1. The number of fused-ring (bicyclic) bond motifs is 1. The quantitative estimate of drug-likeness (QED) is 0.0525. The van der Waals surface area contributed by atoms with Crippen LogP contribution < -0.4 is 9.47 Å². The first-order chi connectivity index (χ1) is 22.9. The zero-order valence-corrected chi connectivity index (χ0v) is 29.0. The molecule has 260 valence electrons. The van der Waals surface area contributed by atoms with Crippen LogP contribution in [0.3, 0.4) is 0 Å². The largest absolute Gasteiger partial charge is 0.513 e. The molecule has 9 nitrogen and oxygen atoms in total. The van der Waals surface area contributed by atoms with Gasteiger partial charge in [0.05, 0.1) is 39.0 Å². The number of aromatic nitrogens is 1. The lowest BCUT2D eigenvalue weighted by Gasteiger charge is -2.43. The number of quaternary nitrogens is 1. The Hall–Kier alpha value is -3.92. The number of carbonyl (C=O) groups excluding carboxylic acids is 2. The van der Waals surface area contributed by atoms with Gasteiger partial charge >= 0.3 is 6.16 Å². The first-order valence-electron chi connectivity index (χ1n) is 17.2. The second kappa shape index (κ2) is 15.1. The van der Waals surface area contributed by atoms with E-state index in [1.165, 1.54) is 31.9 Å². The molecule has 0 radical (unpaired) electrons. The zero-order chi connectivity index (χ0) is 34.5. The maximum atomic E-state index is 13.8. The van der Waals surface area contributed by atoms with E-state index >= 15 is 0 Å². The molecule has 0 N–H and O–H groups in total. The van der Waals surface area contributed by atoms with Gasteiger partial charge < -0.3 is 23.5 Å². The monoisotopic (exact) mass is 665 g/mol. The highest BCUT2D eigenvalue weighted by Gasteiger charge is 2.39. The number of Topliss-reactive ketones (excluding diaryl/α,β-unsaturated/α-hetero) is 1. The van der Waals surface area contributed by atoms with Gasteiger partial charge in [-0.25, -0.2) is 9.18 Å². The van der Waals surface area contributed by atoms with Crippen LogP contribution in [0, 0.1) is 23.6 Å². The van der Waals surface area contributed by atoms with E-state index in [1.54, 1.807) is 37.5 Å². The highest BCUT2D eigenvalue weighted by Crippen LogP contribution is 2.43. The molecule has 48 heavy (non-hydrogen) atoms. The van der Waals surface area contributed by atoms with E-state index in [0.717, 1.165) is 37.0 Å². The summed E-state index contributed by atoms with van der Waals surface area (Å²) in [5.74, 6) is 2.53. The third-order valence-electron chi connectivity index (χ3n) is 10.7. The zero-order valence-electron chi connectivity index (χ0n) is 29.0. The average molecular weight is 666 g/mol. The van der Waals surface area contributed by atoms with E-state index in [2.05, 4.69) is 25.6 Å². The van der Waals surface area contributed by atoms with Gasteiger partial charge in [-0.15, -0.1) is 0 Å². The van der Waals surface area contributed by atoms with E-state index < -0.39 is 11.8 Å². The lowest BCUT2D eigenvalue weighted by atomic mass is 9.66. The number of hydrogen-bond donors (Lipinski definition) is 0. The number of hydrogen-bond acceptors (Lipinski definition) is 8. The first kappa shape index (κ1) is 35.4. The van der Waals surface area contributed by atoms with Gasteiger partial charge in [0, 0.05) is 42.2 Å². The van der Waals surface area contributed by atoms with Gasteiger partial charge in [-0.05, 0) is 80.9 Å². The Labute approximate surface area is 282 Å². The van der Waals surface area contributed by atoms with Crippen molar-refractivity contribution in [1.82, 2.24) is 5.16 Å². The molecule has 1 aromatic heterocycles. The van der Waals surface area contributed by atoms with E-state index in [4.69, 9.17) is 23.5 Å². The Kier molecular flexibility index (Phi) is 11.1. The van der Waals surface area contributed by atoms with Crippen molar-refractivity contribution >= 4 is 22.9 Å². The molecule has 0 amide bonds. The fourth-order valence-corrected chi connectivity index (χ4v) is 7.52. The van der Waals surface area contributed by atoms with Crippen molar-refractivity contribution in [2.24, 2.45) is 17.8 Å². The molecule has 2 heterocycles. The number of ketones is 1. The first-order valence-corrected chi connectivity index (χ1v) is 17.2. The summed E-state index contributed by atoms with van der Waals surface area (Å²) in [4.78, 5) is 25.0. The summed E-state index contributed by atoms with van der Waals surface area (Å²) in [7, 11) is 1.55. The molecule has 1 saturated heterocycles. The fraction of sp³-hybridized carbons (Fsp3) is 0.553. The molecule has 3 aromatic rings. The summed E-state index contributed by atoms with van der Waals surface area (Å²) < 4.78 is 43.1. The molecule has 2 aromatic carbocycles. The highest BCUT2D eigenvalue weighted by atomic mass is 19.1. The normalized spacial score (nSPS) is 24.2. The molecule has 5 rings (SSSR count). The fourth-order valence-electron chi connectivity index (χ4n) is 7.52. The van der Waals surface area contributed by atoms with Crippen molar-refractivity contribution in [2.45, 2.75) is 77.7 Å². The Morgan fingerprint density at radius 1 is 1.15 bits per heavy atom. The lowest BCUT2D eigenvalue weighted by Crippen LogP contribution is -2.55. The van der Waals surface area contributed by atoms with E-state index in [-0.39, 0.29) is 24.2 Å². The van der Waals surface area contributed by atoms with Crippen molar-refractivity contribution in [3.05, 3.63) is 66.1 Å². The van der Waals surface area contributed by atoms with Crippen LogP contribution in [0.4, 0.5) is 9.18 Å². The third kappa shape index (κ3) is 8.20. The highest BCUT2D eigenvalue weighted by molar-refractivity contribution is 5.94. The second-order valence-electron chi connectivity index (χ2n) is 14.2. The minimum absolute atomic E-state index is 0.0464. The summed E-state index contributed by atoms with van der Waals surface area (Å²) in [5.41, 5.74) is 1.02. The van der Waals surface area contributed by atoms with Crippen molar-refractivity contribution in [3.63, 3.8) is 0 Å². The topological polar surface area (TPSA) is 97.1 Å². The third-order valence-corrected chi connectivity index (χ3v) is 10.7. The Morgan fingerprint density at radius 2 is 1.92 bits per heavy atom. The molecule has 1 aliphatic heterocycles. The Bertz CT molecular complexity index is 1600. The molecule has 4 atom stereocenters. The number of methoxy groups -OCH3 is 1. The van der Waals surface area contributed by atoms with Gasteiger partial charge in [0.25, 0.3) is 0 Å². The molecule has 10 heteroatoms. The van der Waals surface area contributed by atoms with Crippen LogP contribution >= 0.6 is 0 Å². The van der Waals surface area contributed by atoms with Crippen LogP contribution in [0.2, 0.25) is 0 Å². The van der Waals surface area contributed by atoms with Gasteiger partial charge in [0.1, 0.15) is 11.4 Å². The number of likely N-dealkylation sites (tertiary alicyclic amines) is 1. The van der Waals surface area contributed by atoms with Crippen molar-refractivity contribution in [1.29, 1.82) is 0 Å². The van der Waals surface area contributed by atoms with Crippen LogP contribution in [0.1, 0.15) is 88.2 Å². The Morgan fingerprint density at radius 3 is 2.56 bits per heavy atom. The number of rotatable bonds is 15. The van der Waals surface area contributed by atoms with Gasteiger partial charge in [-0.3, -0.25) is 9.28 Å². The maximum absolute atomic E-state index is 13.8. The SMILES string of the molecule is C=CC(C)(CC(C)C1CCC1C)OC(=O)OC[N+]1(CCCOc2ccc(C(C)=O)cc2OC)CCC(c2noc3cc(F)ccc23)CC1. The lowest BCUT2D eigenvalue weighted by molar-refractivity contribution is -0.948. The van der Waals surface area contributed by atoms with Crippen LogP contribution in [-0.4, -0.2) is 67.3 Å². The van der Waals surface area contributed by atoms with Crippen molar-refractivity contribution in [2.75, 3.05) is 40.1 Å². The van der Waals surface area contributed by atoms with Gasteiger partial charge in [-0.1, -0.05) is 32.0 Å².